The van der Waals surface area contributed by atoms with E-state index >= 15 is 33.6 Å². The maximum absolute atomic E-state index is 15.7. The normalized spacial score (nSPS) is 11.1. The number of rotatable bonds is 78. The highest BCUT2D eigenvalue weighted by atomic mass is 16.2. The van der Waals surface area contributed by atoms with Gasteiger partial charge in [-0.2, -0.15) is 0 Å². The van der Waals surface area contributed by atoms with Crippen molar-refractivity contribution in [1.82, 2.24) is 58.6 Å². The number of nitrogens with two attached hydrogens (primary N) is 3. The summed E-state index contributed by atoms with van der Waals surface area (Å²) in [6.45, 7) is 6.81. The fourth-order valence-corrected chi connectivity index (χ4v) is 16.5. The average Bonchev–Trinajstić information content (AvgIpc) is 1.09. The number of aromatic nitrogens is 2. The molecule has 0 aliphatic carbocycles. The summed E-state index contributed by atoms with van der Waals surface area (Å²) in [5.41, 5.74) is 21.8. The zero-order chi connectivity index (χ0) is 94.5. The molecule has 0 atom stereocenters. The number of unbranched alkanes of at least 4 members (excludes halogenated alkanes) is 30. The first kappa shape index (κ1) is 112. The van der Waals surface area contributed by atoms with Crippen LogP contribution in [0, 0.1) is 0 Å². The van der Waals surface area contributed by atoms with Gasteiger partial charge in [-0.25, -0.2) is 4.98 Å². The summed E-state index contributed by atoms with van der Waals surface area (Å²) in [6, 6.07) is 38.1. The molecule has 5 rings (SSSR count). The van der Waals surface area contributed by atoms with Crippen molar-refractivity contribution in [1.29, 1.82) is 0 Å². The molecule has 0 aliphatic heterocycles. The van der Waals surface area contributed by atoms with Gasteiger partial charge in [-0.15, -0.1) is 0 Å². The Labute approximate surface area is 786 Å². The molecule has 0 saturated heterocycles. The first-order valence-corrected chi connectivity index (χ1v) is 50.4. The van der Waals surface area contributed by atoms with E-state index in [2.05, 4.69) is 32.7 Å². The third-order valence-electron chi connectivity index (χ3n) is 24.7. The van der Waals surface area contributed by atoms with Crippen molar-refractivity contribution in [3.05, 3.63) is 162 Å². The maximum Gasteiger partial charge on any atom is 0.242 e. The van der Waals surface area contributed by atoms with Crippen LogP contribution in [0.2, 0.25) is 0 Å². The molecule has 0 radical (unpaired) electrons. The molecular weight excluding hydrogens is 1650 g/mol. The minimum absolute atomic E-state index is 0.0254. The minimum Gasteiger partial charge on any atom is -0.368 e. The fourth-order valence-electron chi connectivity index (χ4n) is 16.5. The first-order valence-electron chi connectivity index (χ1n) is 50.4. The van der Waals surface area contributed by atoms with Crippen molar-refractivity contribution in [2.24, 2.45) is 17.2 Å². The standard InChI is InChI=1S/C105H167N15O11/c1-5-9-13-17-21-25-29-48-69-111(80-95(108)121)97(123)81-112(70-49-30-26-22-18-14-10-6-2)98(124)82-113(71-50-31-27-23-19-15-11-7-3)99(125)83-114(72-51-32-28-24-20-16-12-8-4)100(126)84-115(73-61-91-52-38-33-39-53-91)101(127)86-117(75-63-93-56-42-35-43-57-93)104(130)89-120(78-66-107)105(131)87-118(76-64-94-58-44-36-45-59-94)102(128)85-116(74-62-92-54-40-34-41-55-92)103(129)88-119(77-65-106)96(122)60-46-37-47-68-110-79-67-109-90-110/h33-36,38-45,52-59,67,79,90H,5-32,37,46-51,60-66,68-78,80-89,106-107H2,1-4H3,(H2,108,121). The maximum atomic E-state index is 15.7. The molecule has 0 unspecified atom stereocenters. The molecule has 0 spiro atoms. The highest BCUT2D eigenvalue weighted by molar-refractivity contribution is 5.94. The van der Waals surface area contributed by atoms with E-state index < -0.39 is 85.9 Å². The lowest BCUT2D eigenvalue weighted by Gasteiger charge is -2.33. The monoisotopic (exact) mass is 1810 g/mol. The summed E-state index contributed by atoms with van der Waals surface area (Å²) >= 11 is 0. The highest BCUT2D eigenvalue weighted by Crippen LogP contribution is 2.19. The lowest BCUT2D eigenvalue weighted by molar-refractivity contribution is -0.149. The number of amides is 11. The molecule has 131 heavy (non-hydrogen) atoms. The van der Waals surface area contributed by atoms with Crippen LogP contribution in [0.25, 0.3) is 0 Å². The smallest absolute Gasteiger partial charge is 0.242 e. The molecule has 1 aromatic heterocycles. The predicted octanol–water partition coefficient (Wildman–Crippen LogP) is 14.7. The molecule has 26 heteroatoms. The van der Waals surface area contributed by atoms with E-state index in [1.165, 1.54) is 58.5 Å². The molecule has 26 nitrogen and oxygen atoms in total. The molecule has 11 amide bonds. The number of aryl methyl sites for hydroxylation is 1. The van der Waals surface area contributed by atoms with E-state index in [0.717, 1.165) is 202 Å². The fraction of sp³-hybridized carbons (Fsp3) is 0.638. The number of carbonyl (C=O) groups excluding carboxylic acids is 11. The average molecular weight is 1820 g/mol. The third-order valence-corrected chi connectivity index (χ3v) is 24.7. The van der Waals surface area contributed by atoms with Gasteiger partial charge in [0.2, 0.25) is 65.0 Å². The summed E-state index contributed by atoms with van der Waals surface area (Å²) < 4.78 is 1.98. The second-order valence-electron chi connectivity index (χ2n) is 35.6. The summed E-state index contributed by atoms with van der Waals surface area (Å²) in [7, 11) is 0. The van der Waals surface area contributed by atoms with Crippen molar-refractivity contribution in [3.8, 4) is 0 Å². The van der Waals surface area contributed by atoms with Gasteiger partial charge >= 0.3 is 0 Å². The number of imidazole rings is 1. The quantitative estimate of drug-likeness (QED) is 0.0305. The van der Waals surface area contributed by atoms with Crippen molar-refractivity contribution < 1.29 is 52.7 Å². The van der Waals surface area contributed by atoms with E-state index in [1.54, 1.807) is 22.3 Å². The van der Waals surface area contributed by atoms with Gasteiger partial charge < -0.3 is 70.8 Å². The molecule has 0 bridgehead atoms. The van der Waals surface area contributed by atoms with Crippen LogP contribution >= 0.6 is 0 Å². The Balaban J connectivity index is 1.49. The van der Waals surface area contributed by atoms with Crippen LogP contribution < -0.4 is 17.2 Å². The van der Waals surface area contributed by atoms with Gasteiger partial charge in [-0.1, -0.05) is 335 Å². The molecule has 6 N–H and O–H groups in total. The number of nitrogens with zero attached hydrogens (tertiary/aromatic N) is 12. The molecule has 0 saturated carbocycles. The van der Waals surface area contributed by atoms with Crippen LogP contribution in [-0.4, -0.2) is 268 Å². The summed E-state index contributed by atoms with van der Waals surface area (Å²) in [4.78, 5) is 183. The Morgan fingerprint density at radius 3 is 0.695 bits per heavy atom. The SMILES string of the molecule is CCCCCCCCCCN(CC(N)=O)C(=O)CN(CCCCCCCCCC)C(=O)CN(CCCCCCCCCC)C(=O)CN(CCCCCCCCCC)C(=O)CN(CCc1ccccc1)C(=O)CN(CCc1ccccc1)C(=O)CN(CCN)C(=O)CN(CCc1ccccc1)C(=O)CN(CCc1ccccc1)C(=O)CN(CCN)C(=O)CCCCCn1ccnc1. The number of hydrogen-bond donors (Lipinski definition) is 3. The lowest BCUT2D eigenvalue weighted by atomic mass is 10.1. The van der Waals surface area contributed by atoms with E-state index in [0.29, 0.717) is 64.3 Å². The van der Waals surface area contributed by atoms with E-state index in [1.807, 2.05) is 132 Å². The molecule has 5 aromatic rings. The van der Waals surface area contributed by atoms with Gasteiger partial charge in [-0.3, -0.25) is 52.7 Å². The van der Waals surface area contributed by atoms with Crippen molar-refractivity contribution in [2.45, 2.75) is 291 Å². The van der Waals surface area contributed by atoms with Gasteiger partial charge in [0.05, 0.1) is 71.8 Å². The Morgan fingerprint density at radius 2 is 0.466 bits per heavy atom. The van der Waals surface area contributed by atoms with Crippen LogP contribution in [0.5, 0.6) is 0 Å². The zero-order valence-corrected chi connectivity index (χ0v) is 80.9. The van der Waals surface area contributed by atoms with Gasteiger partial charge in [-0.05, 0) is 86.5 Å². The van der Waals surface area contributed by atoms with Gasteiger partial charge in [0, 0.05) is 104 Å². The summed E-state index contributed by atoms with van der Waals surface area (Å²) in [5.74, 6) is -5.33. The molecule has 0 aliphatic rings. The van der Waals surface area contributed by atoms with Crippen LogP contribution in [0.15, 0.2) is 140 Å². The second kappa shape index (κ2) is 70.9. The van der Waals surface area contributed by atoms with Crippen molar-refractivity contribution >= 4 is 65.0 Å². The molecule has 728 valence electrons. The second-order valence-corrected chi connectivity index (χ2v) is 35.6. The Kier molecular flexibility index (Phi) is 60.4. The first-order chi connectivity index (χ1) is 63.8. The molecule has 1 heterocycles. The van der Waals surface area contributed by atoms with Crippen molar-refractivity contribution in [3.63, 3.8) is 0 Å². The predicted molar refractivity (Wildman–Crippen MR) is 525 cm³/mol. The topological polar surface area (TPSA) is 316 Å². The van der Waals surface area contributed by atoms with Crippen LogP contribution in [0.1, 0.15) is 281 Å². The Bertz CT molecular complexity index is 3920. The molecule has 4 aromatic carbocycles. The van der Waals surface area contributed by atoms with E-state index in [-0.39, 0.29) is 123 Å². The number of primary amides is 1. The van der Waals surface area contributed by atoms with E-state index in [9.17, 15) is 19.2 Å². The lowest BCUT2D eigenvalue weighted by Crippen LogP contribution is -2.53. The van der Waals surface area contributed by atoms with Gasteiger partial charge in [0.25, 0.3) is 0 Å². The molecule has 0 fully saturated rings. The van der Waals surface area contributed by atoms with Crippen molar-refractivity contribution in [2.75, 3.05) is 144 Å². The zero-order valence-electron chi connectivity index (χ0n) is 80.9. The van der Waals surface area contributed by atoms with Gasteiger partial charge in [0.15, 0.2) is 0 Å². The number of hydrogen-bond acceptors (Lipinski definition) is 14. The summed E-state index contributed by atoms with van der Waals surface area (Å²) in [5, 5.41) is 0. The van der Waals surface area contributed by atoms with Gasteiger partial charge in [0.1, 0.15) is 0 Å². The van der Waals surface area contributed by atoms with Crippen LogP contribution in [-0.2, 0) is 85.0 Å². The number of carbonyl (C=O) groups is 11. The Hall–Kier alpha value is -9.82. The van der Waals surface area contributed by atoms with E-state index in [4.69, 9.17) is 17.2 Å². The largest absolute Gasteiger partial charge is 0.368 e. The molecular formula is C105H167N15O11. The Morgan fingerprint density at radius 1 is 0.252 bits per heavy atom. The summed E-state index contributed by atoms with van der Waals surface area (Å²) in [6.07, 6.45) is 41.3. The minimum atomic E-state index is -0.638. The van der Waals surface area contributed by atoms with Crippen LogP contribution in [0.3, 0.4) is 0 Å². The third kappa shape index (κ3) is 50.0. The number of benzene rings is 4. The highest BCUT2D eigenvalue weighted by Gasteiger charge is 2.33. The van der Waals surface area contributed by atoms with Crippen LogP contribution in [0.4, 0.5) is 0 Å².